The molecule has 0 aliphatic heterocycles. The van der Waals surface area contributed by atoms with Crippen molar-refractivity contribution >= 4 is 5.91 Å². The molecule has 92 valence electrons. The number of nitrogens with zero attached hydrogens (tertiary/aromatic N) is 3. The number of carbonyl (C=O) groups is 1. The highest BCUT2D eigenvalue weighted by atomic mass is 16.3. The molecule has 0 bridgehead atoms. The van der Waals surface area contributed by atoms with Crippen LogP contribution in [0, 0.1) is 13.8 Å². The lowest BCUT2D eigenvalue weighted by Gasteiger charge is -2.20. The van der Waals surface area contributed by atoms with E-state index in [2.05, 4.69) is 16.8 Å². The van der Waals surface area contributed by atoms with Gasteiger partial charge < -0.3 is 10.0 Å². The minimum Gasteiger partial charge on any atom is -0.395 e. The Balaban J connectivity index is 2.99. The van der Waals surface area contributed by atoms with Crippen molar-refractivity contribution in [1.29, 1.82) is 0 Å². The predicted molar refractivity (Wildman–Crippen MR) is 64.7 cm³/mol. The van der Waals surface area contributed by atoms with E-state index in [0.717, 1.165) is 0 Å². The lowest BCUT2D eigenvalue weighted by molar-refractivity contribution is 0.0741. The second-order valence-electron chi connectivity index (χ2n) is 3.75. The fourth-order valence-corrected chi connectivity index (χ4v) is 1.49. The summed E-state index contributed by atoms with van der Waals surface area (Å²) in [6.45, 7) is 7.73. The molecule has 0 saturated heterocycles. The molecule has 0 fully saturated rings. The Morgan fingerprint density at radius 1 is 1.53 bits per heavy atom. The Hall–Kier alpha value is -1.75. The average molecular weight is 235 g/mol. The molecule has 1 aromatic rings. The van der Waals surface area contributed by atoms with Crippen molar-refractivity contribution in [1.82, 2.24) is 15.1 Å². The number of aliphatic hydroxyl groups excluding tert-OH is 1. The molecular formula is C12H17N3O2. The summed E-state index contributed by atoms with van der Waals surface area (Å²) in [6, 6.07) is 1.71. The molecule has 1 aromatic heterocycles. The predicted octanol–water partition coefficient (Wildman–Crippen LogP) is 0.714. The summed E-state index contributed by atoms with van der Waals surface area (Å²) in [5.41, 5.74) is 1.81. The summed E-state index contributed by atoms with van der Waals surface area (Å²) in [5, 5.41) is 16.7. The lowest BCUT2D eigenvalue weighted by atomic mass is 10.1. The van der Waals surface area contributed by atoms with Crippen molar-refractivity contribution < 1.29 is 9.90 Å². The van der Waals surface area contributed by atoms with E-state index < -0.39 is 0 Å². The first-order valence-corrected chi connectivity index (χ1v) is 5.42. The molecule has 0 unspecified atom stereocenters. The molecule has 1 heterocycles. The molecule has 1 N–H and O–H groups in total. The summed E-state index contributed by atoms with van der Waals surface area (Å²) < 4.78 is 0. The number of aromatic nitrogens is 2. The summed E-state index contributed by atoms with van der Waals surface area (Å²) in [6.07, 6.45) is 1.63. The largest absolute Gasteiger partial charge is 0.395 e. The molecule has 0 aliphatic rings. The van der Waals surface area contributed by atoms with Crippen LogP contribution >= 0.6 is 0 Å². The van der Waals surface area contributed by atoms with E-state index in [4.69, 9.17) is 5.11 Å². The molecule has 0 saturated carbocycles. The minimum absolute atomic E-state index is 0.0733. The maximum Gasteiger partial charge on any atom is 0.256 e. The quantitative estimate of drug-likeness (QED) is 0.763. The van der Waals surface area contributed by atoms with Gasteiger partial charge in [-0.3, -0.25) is 4.79 Å². The maximum atomic E-state index is 12.2. The Morgan fingerprint density at radius 2 is 2.24 bits per heavy atom. The van der Waals surface area contributed by atoms with Gasteiger partial charge in [-0.2, -0.15) is 10.2 Å². The van der Waals surface area contributed by atoms with Gasteiger partial charge in [0.1, 0.15) is 0 Å². The number of aryl methyl sites for hydroxylation is 2. The number of aliphatic hydroxyl groups is 1. The number of hydrogen-bond acceptors (Lipinski definition) is 4. The zero-order valence-electron chi connectivity index (χ0n) is 10.2. The van der Waals surface area contributed by atoms with Gasteiger partial charge in [0.15, 0.2) is 0 Å². The van der Waals surface area contributed by atoms with E-state index in [1.54, 1.807) is 26.0 Å². The molecule has 0 atom stereocenters. The molecular weight excluding hydrogens is 218 g/mol. The van der Waals surface area contributed by atoms with Gasteiger partial charge in [0.05, 0.1) is 23.6 Å². The third kappa shape index (κ3) is 3.35. The Bertz CT molecular complexity index is 418. The van der Waals surface area contributed by atoms with Crippen LogP contribution in [-0.4, -0.2) is 45.8 Å². The van der Waals surface area contributed by atoms with E-state index in [-0.39, 0.29) is 19.1 Å². The molecule has 5 nitrogen and oxygen atoms in total. The zero-order chi connectivity index (χ0) is 12.8. The average Bonchev–Trinajstić information content (AvgIpc) is 2.31. The molecule has 0 aliphatic carbocycles. The third-order valence-corrected chi connectivity index (χ3v) is 2.34. The van der Waals surface area contributed by atoms with Crippen molar-refractivity contribution in [3.05, 3.63) is 35.7 Å². The molecule has 0 spiro atoms. The topological polar surface area (TPSA) is 66.3 Å². The van der Waals surface area contributed by atoms with Crippen LogP contribution in [0.4, 0.5) is 0 Å². The van der Waals surface area contributed by atoms with Gasteiger partial charge in [-0.25, -0.2) is 0 Å². The van der Waals surface area contributed by atoms with E-state index in [1.165, 1.54) is 4.90 Å². The summed E-state index contributed by atoms with van der Waals surface area (Å²) in [7, 11) is 0. The zero-order valence-corrected chi connectivity index (χ0v) is 10.2. The van der Waals surface area contributed by atoms with Gasteiger partial charge in [-0.15, -0.1) is 6.58 Å². The first-order chi connectivity index (χ1) is 8.10. The minimum atomic E-state index is -0.158. The third-order valence-electron chi connectivity index (χ3n) is 2.34. The highest BCUT2D eigenvalue weighted by Gasteiger charge is 2.17. The summed E-state index contributed by atoms with van der Waals surface area (Å²) in [5.74, 6) is -0.158. The van der Waals surface area contributed by atoms with Crippen LogP contribution in [-0.2, 0) is 0 Å². The first kappa shape index (κ1) is 13.3. The van der Waals surface area contributed by atoms with Crippen LogP contribution in [0.2, 0.25) is 0 Å². The molecule has 5 heteroatoms. The Kier molecular flexibility index (Phi) is 4.78. The Morgan fingerprint density at radius 3 is 2.82 bits per heavy atom. The number of hydrogen-bond donors (Lipinski definition) is 1. The monoisotopic (exact) mass is 235 g/mol. The van der Waals surface area contributed by atoms with Crippen LogP contribution in [0.3, 0.4) is 0 Å². The molecule has 1 rings (SSSR count). The van der Waals surface area contributed by atoms with Crippen LogP contribution < -0.4 is 0 Å². The van der Waals surface area contributed by atoms with Crippen molar-refractivity contribution in [2.75, 3.05) is 19.7 Å². The highest BCUT2D eigenvalue weighted by molar-refractivity contribution is 5.95. The molecule has 1 amide bonds. The fraction of sp³-hybridized carbons (Fsp3) is 0.417. The van der Waals surface area contributed by atoms with Crippen molar-refractivity contribution in [2.45, 2.75) is 13.8 Å². The van der Waals surface area contributed by atoms with Crippen molar-refractivity contribution in [3.8, 4) is 0 Å². The van der Waals surface area contributed by atoms with E-state index >= 15 is 0 Å². The highest BCUT2D eigenvalue weighted by Crippen LogP contribution is 2.09. The summed E-state index contributed by atoms with van der Waals surface area (Å²) >= 11 is 0. The summed E-state index contributed by atoms with van der Waals surface area (Å²) in [4.78, 5) is 13.7. The maximum absolute atomic E-state index is 12.2. The smallest absolute Gasteiger partial charge is 0.256 e. The second kappa shape index (κ2) is 6.10. The second-order valence-corrected chi connectivity index (χ2v) is 3.75. The lowest BCUT2D eigenvalue weighted by Crippen LogP contribution is -2.34. The Labute approximate surface area is 101 Å². The van der Waals surface area contributed by atoms with Gasteiger partial charge in [-0.05, 0) is 19.9 Å². The van der Waals surface area contributed by atoms with E-state index in [9.17, 15) is 4.79 Å². The van der Waals surface area contributed by atoms with Gasteiger partial charge in [0.25, 0.3) is 5.91 Å². The van der Waals surface area contributed by atoms with Gasteiger partial charge >= 0.3 is 0 Å². The van der Waals surface area contributed by atoms with E-state index in [1.807, 2.05) is 0 Å². The van der Waals surface area contributed by atoms with Crippen molar-refractivity contribution in [3.63, 3.8) is 0 Å². The van der Waals surface area contributed by atoms with Gasteiger partial charge in [0.2, 0.25) is 0 Å². The molecule has 0 aromatic carbocycles. The fourth-order valence-electron chi connectivity index (χ4n) is 1.49. The van der Waals surface area contributed by atoms with Crippen LogP contribution in [0.1, 0.15) is 21.7 Å². The van der Waals surface area contributed by atoms with Crippen molar-refractivity contribution in [2.24, 2.45) is 0 Å². The van der Waals surface area contributed by atoms with Gasteiger partial charge in [-0.1, -0.05) is 6.08 Å². The van der Waals surface area contributed by atoms with Gasteiger partial charge in [0, 0.05) is 13.1 Å². The SMILES string of the molecule is C=CCN(CCO)C(=O)c1cc(C)nnc1C. The first-order valence-electron chi connectivity index (χ1n) is 5.42. The number of amides is 1. The van der Waals surface area contributed by atoms with E-state index in [0.29, 0.717) is 23.5 Å². The number of carbonyl (C=O) groups excluding carboxylic acids is 1. The molecule has 0 radical (unpaired) electrons. The van der Waals surface area contributed by atoms with Crippen LogP contribution in [0.25, 0.3) is 0 Å². The van der Waals surface area contributed by atoms with Crippen LogP contribution in [0.15, 0.2) is 18.7 Å². The molecule has 17 heavy (non-hydrogen) atoms. The normalized spacial score (nSPS) is 10.1. The van der Waals surface area contributed by atoms with Crippen LogP contribution in [0.5, 0.6) is 0 Å². The standard InChI is InChI=1S/C12H17N3O2/c1-4-5-15(6-7-16)12(17)11-8-9(2)13-14-10(11)3/h4,8,16H,1,5-7H2,2-3H3. The number of rotatable bonds is 5.